The van der Waals surface area contributed by atoms with Crippen LogP contribution in [0.15, 0.2) is 59.5 Å². The molecule has 0 aromatic carbocycles. The molecule has 4 heteroatoms. The van der Waals surface area contributed by atoms with E-state index in [0.717, 1.165) is 0 Å². The Morgan fingerprint density at radius 3 is 2.79 bits per heavy atom. The third-order valence-electron chi connectivity index (χ3n) is 2.20. The number of nitrogens with zero attached hydrogens (tertiary/aromatic N) is 3. The number of hydrogen-bond acceptors (Lipinski definition) is 4. The van der Waals surface area contributed by atoms with Crippen molar-refractivity contribution in [3.8, 4) is 11.8 Å². The lowest BCUT2D eigenvalue weighted by molar-refractivity contribution is 0.471. The van der Waals surface area contributed by atoms with Crippen LogP contribution in [0.4, 0.5) is 0 Å². The van der Waals surface area contributed by atoms with Gasteiger partial charge in [-0.25, -0.2) is 4.99 Å². The lowest BCUT2D eigenvalue weighted by Crippen LogP contribution is -1.98. The van der Waals surface area contributed by atoms with Crippen LogP contribution in [0, 0.1) is 11.3 Å². The van der Waals surface area contributed by atoms with Gasteiger partial charge in [0.25, 0.3) is 0 Å². The molecule has 1 aromatic heterocycles. The summed E-state index contributed by atoms with van der Waals surface area (Å²) in [5.74, 6) is -0.0614. The monoisotopic (exact) mass is 253 g/mol. The third kappa shape index (κ3) is 4.25. The molecule has 19 heavy (non-hydrogen) atoms. The highest BCUT2D eigenvalue weighted by molar-refractivity contribution is 6.13. The van der Waals surface area contributed by atoms with Crippen molar-refractivity contribution in [1.29, 1.82) is 5.26 Å². The first-order valence-electron chi connectivity index (χ1n) is 5.80. The zero-order chi connectivity index (χ0) is 14.1. The molecule has 0 unspecified atom stereocenters. The first-order valence-corrected chi connectivity index (χ1v) is 5.80. The minimum absolute atomic E-state index is 0.0614. The van der Waals surface area contributed by atoms with Gasteiger partial charge in [0.05, 0.1) is 17.5 Å². The molecule has 0 radical (unpaired) electrons. The highest BCUT2D eigenvalue weighted by Gasteiger charge is 2.08. The van der Waals surface area contributed by atoms with Crippen molar-refractivity contribution < 1.29 is 5.11 Å². The molecule has 0 spiro atoms. The summed E-state index contributed by atoms with van der Waals surface area (Å²) in [6.45, 7) is 3.77. The van der Waals surface area contributed by atoms with E-state index in [4.69, 9.17) is 5.26 Å². The molecule has 0 atom stereocenters. The maximum atomic E-state index is 9.68. The van der Waals surface area contributed by atoms with Crippen LogP contribution in [0.1, 0.15) is 19.4 Å². The number of hydrogen-bond donors (Lipinski definition) is 1. The van der Waals surface area contributed by atoms with E-state index in [1.165, 1.54) is 12.4 Å². The number of pyridine rings is 1. The van der Waals surface area contributed by atoms with Gasteiger partial charge in [-0.2, -0.15) is 5.26 Å². The molecule has 1 rings (SSSR count). The highest BCUT2D eigenvalue weighted by Crippen LogP contribution is 2.16. The van der Waals surface area contributed by atoms with E-state index >= 15 is 0 Å². The maximum absolute atomic E-state index is 9.68. The third-order valence-corrected chi connectivity index (χ3v) is 2.20. The molecule has 0 amide bonds. The number of nitriles is 1. The molecule has 0 fully saturated rings. The fourth-order valence-corrected chi connectivity index (χ4v) is 1.36. The van der Waals surface area contributed by atoms with Crippen LogP contribution in [-0.2, 0) is 0 Å². The van der Waals surface area contributed by atoms with Gasteiger partial charge in [0.2, 0.25) is 0 Å². The van der Waals surface area contributed by atoms with Gasteiger partial charge in [-0.15, -0.1) is 0 Å². The first kappa shape index (κ1) is 14.4. The van der Waals surface area contributed by atoms with Crippen LogP contribution >= 0.6 is 0 Å². The van der Waals surface area contributed by atoms with E-state index in [1.54, 1.807) is 18.2 Å². The van der Waals surface area contributed by atoms with Crippen molar-refractivity contribution in [3.05, 3.63) is 60.1 Å². The van der Waals surface area contributed by atoms with Crippen molar-refractivity contribution in [2.24, 2.45) is 4.99 Å². The Morgan fingerprint density at radius 2 is 2.21 bits per heavy atom. The normalized spacial score (nSPS) is 13.1. The zero-order valence-electron chi connectivity index (χ0n) is 10.9. The second-order valence-corrected chi connectivity index (χ2v) is 3.58. The Hall–Kier alpha value is -2.67. The van der Waals surface area contributed by atoms with Crippen LogP contribution in [0.5, 0.6) is 5.75 Å². The van der Waals surface area contributed by atoms with Gasteiger partial charge in [0.15, 0.2) is 5.71 Å². The molecule has 0 aliphatic heterocycles. The van der Waals surface area contributed by atoms with E-state index < -0.39 is 0 Å². The molecule has 1 aromatic rings. The molecule has 4 nitrogen and oxygen atoms in total. The van der Waals surface area contributed by atoms with E-state index in [1.807, 2.05) is 38.1 Å². The summed E-state index contributed by atoms with van der Waals surface area (Å²) in [5.41, 5.74) is 1.15. The van der Waals surface area contributed by atoms with Gasteiger partial charge in [-0.05, 0) is 32.1 Å². The highest BCUT2D eigenvalue weighted by atomic mass is 16.3. The summed E-state index contributed by atoms with van der Waals surface area (Å²) in [7, 11) is 0. The number of aromatic hydroxyl groups is 1. The molecular formula is C15H15N3O. The average molecular weight is 253 g/mol. The molecule has 0 saturated heterocycles. The molecule has 96 valence electrons. The second-order valence-electron chi connectivity index (χ2n) is 3.58. The molecule has 1 heterocycles. The quantitative estimate of drug-likeness (QED) is 0.662. The average Bonchev–Trinajstić information content (AvgIpc) is 2.43. The molecule has 0 aliphatic carbocycles. The number of allylic oxidation sites excluding steroid dienone is 5. The van der Waals surface area contributed by atoms with Gasteiger partial charge in [0.1, 0.15) is 11.8 Å². The smallest absolute Gasteiger partial charge is 0.152 e. The van der Waals surface area contributed by atoms with Crippen LogP contribution < -0.4 is 0 Å². The molecular weight excluding hydrogens is 238 g/mol. The van der Waals surface area contributed by atoms with Gasteiger partial charge in [-0.1, -0.05) is 18.2 Å². The Morgan fingerprint density at radius 1 is 1.42 bits per heavy atom. The summed E-state index contributed by atoms with van der Waals surface area (Å²) in [6.07, 6.45) is 11.9. The predicted molar refractivity (Wildman–Crippen MR) is 75.8 cm³/mol. The Balaban J connectivity index is 3.26. The van der Waals surface area contributed by atoms with Crippen LogP contribution in [0.3, 0.4) is 0 Å². The van der Waals surface area contributed by atoms with E-state index in [9.17, 15) is 5.11 Å². The lowest BCUT2D eigenvalue weighted by atomic mass is 10.1. The van der Waals surface area contributed by atoms with Gasteiger partial charge in [-0.3, -0.25) is 4.98 Å². The van der Waals surface area contributed by atoms with Gasteiger partial charge in [0, 0.05) is 6.20 Å². The summed E-state index contributed by atoms with van der Waals surface area (Å²) < 4.78 is 0. The maximum Gasteiger partial charge on any atom is 0.152 e. The number of aliphatic imine (C=N–C) groups is 1. The fraction of sp³-hybridized carbons (Fsp3) is 0.133. The van der Waals surface area contributed by atoms with E-state index in [-0.39, 0.29) is 11.5 Å². The van der Waals surface area contributed by atoms with E-state index in [0.29, 0.717) is 11.3 Å². The second kappa shape index (κ2) is 7.62. The van der Waals surface area contributed by atoms with Gasteiger partial charge >= 0.3 is 0 Å². The number of aromatic nitrogens is 1. The Labute approximate surface area is 112 Å². The summed E-state index contributed by atoms with van der Waals surface area (Å²) in [6, 6.07) is 3.54. The first-order chi connectivity index (χ1) is 9.22. The topological polar surface area (TPSA) is 69.3 Å². The largest absolute Gasteiger partial charge is 0.506 e. The summed E-state index contributed by atoms with van der Waals surface area (Å²) >= 11 is 0. The van der Waals surface area contributed by atoms with Crippen molar-refractivity contribution in [1.82, 2.24) is 4.98 Å². The van der Waals surface area contributed by atoms with Crippen LogP contribution in [-0.4, -0.2) is 15.8 Å². The molecule has 1 N–H and O–H groups in total. The lowest BCUT2D eigenvalue weighted by Gasteiger charge is -2.01. The predicted octanol–water partition coefficient (Wildman–Crippen LogP) is 3.14. The Bertz CT molecular complexity index is 590. The molecule has 0 aliphatic rings. The minimum atomic E-state index is -0.0614. The minimum Gasteiger partial charge on any atom is -0.506 e. The van der Waals surface area contributed by atoms with Crippen LogP contribution in [0.2, 0.25) is 0 Å². The molecule has 0 bridgehead atoms. The van der Waals surface area contributed by atoms with Crippen molar-refractivity contribution in [3.63, 3.8) is 0 Å². The fourth-order valence-electron chi connectivity index (χ4n) is 1.36. The van der Waals surface area contributed by atoms with Gasteiger partial charge < -0.3 is 5.11 Å². The SMILES string of the molecule is C\C=C/C=C(\C=C/C)N=C(C#N)c1ccncc1O. The van der Waals surface area contributed by atoms with Crippen molar-refractivity contribution in [2.75, 3.05) is 0 Å². The summed E-state index contributed by atoms with van der Waals surface area (Å²) in [5, 5.41) is 18.8. The van der Waals surface area contributed by atoms with E-state index in [2.05, 4.69) is 9.98 Å². The molecule has 0 saturated carbocycles. The van der Waals surface area contributed by atoms with Crippen molar-refractivity contribution in [2.45, 2.75) is 13.8 Å². The summed E-state index contributed by atoms with van der Waals surface area (Å²) in [4.78, 5) is 8.02. The Kier molecular flexibility index (Phi) is 5.77. The standard InChI is InChI=1S/C15H15N3O/c1-3-5-7-12(6-4-2)18-14(10-16)13-8-9-17-11-15(13)19/h3-9,11,19H,1-2H3/b5-3-,6-4-,12-7+,18-14?. The number of rotatable bonds is 4. The van der Waals surface area contributed by atoms with Crippen LogP contribution in [0.25, 0.3) is 0 Å². The zero-order valence-corrected chi connectivity index (χ0v) is 10.9. The van der Waals surface area contributed by atoms with Crippen molar-refractivity contribution >= 4 is 5.71 Å².